The van der Waals surface area contributed by atoms with E-state index in [1.165, 1.54) is 0 Å². The Labute approximate surface area is 114 Å². The zero-order chi connectivity index (χ0) is 14.0. The molecule has 4 heteroatoms. The minimum absolute atomic E-state index is 0.149. The van der Waals surface area contributed by atoms with Gasteiger partial charge in [-0.1, -0.05) is 20.8 Å². The molecule has 0 spiro atoms. The van der Waals surface area contributed by atoms with Crippen LogP contribution in [0.25, 0.3) is 0 Å². The van der Waals surface area contributed by atoms with Crippen LogP contribution in [0, 0.1) is 5.41 Å². The number of carbonyl (C=O) groups excluding carboxylic acids is 1. The van der Waals surface area contributed by atoms with Gasteiger partial charge in [-0.3, -0.25) is 4.79 Å². The molecule has 0 saturated carbocycles. The second kappa shape index (κ2) is 5.21. The van der Waals surface area contributed by atoms with Crippen LogP contribution in [0.3, 0.4) is 0 Å². The van der Waals surface area contributed by atoms with E-state index >= 15 is 0 Å². The Kier molecular flexibility index (Phi) is 3.80. The van der Waals surface area contributed by atoms with Crippen LogP contribution < -0.4 is 15.8 Å². The molecule has 1 aromatic carbocycles. The summed E-state index contributed by atoms with van der Waals surface area (Å²) in [7, 11) is 0. The van der Waals surface area contributed by atoms with Crippen LogP contribution >= 0.6 is 0 Å². The van der Waals surface area contributed by atoms with Crippen LogP contribution in [0.15, 0.2) is 18.2 Å². The van der Waals surface area contributed by atoms with E-state index in [0.717, 1.165) is 36.4 Å². The van der Waals surface area contributed by atoms with E-state index in [2.05, 4.69) is 5.32 Å². The van der Waals surface area contributed by atoms with Crippen molar-refractivity contribution in [1.29, 1.82) is 0 Å². The molecular formula is C15H22N2O2. The molecule has 0 saturated heterocycles. The summed E-state index contributed by atoms with van der Waals surface area (Å²) in [6.45, 7) is 6.64. The summed E-state index contributed by atoms with van der Waals surface area (Å²) < 4.78 is 5.55. The monoisotopic (exact) mass is 262 g/mol. The molecule has 0 fully saturated rings. The van der Waals surface area contributed by atoms with Crippen molar-refractivity contribution in [3.05, 3.63) is 23.8 Å². The van der Waals surface area contributed by atoms with E-state index in [4.69, 9.17) is 10.5 Å². The number of anilines is 1. The zero-order valence-corrected chi connectivity index (χ0v) is 11.8. The molecule has 104 valence electrons. The van der Waals surface area contributed by atoms with E-state index < -0.39 is 6.04 Å². The molecule has 2 rings (SSSR count). The molecule has 4 nitrogen and oxygen atoms in total. The summed E-state index contributed by atoms with van der Waals surface area (Å²) in [4.78, 5) is 12.1. The van der Waals surface area contributed by atoms with Crippen LogP contribution in [0.4, 0.5) is 5.69 Å². The third-order valence-electron chi connectivity index (χ3n) is 3.39. The molecule has 0 aliphatic carbocycles. The summed E-state index contributed by atoms with van der Waals surface area (Å²) in [6.07, 6.45) is 2.01. The fraction of sp³-hybridized carbons (Fsp3) is 0.533. The SMILES string of the molecule is CC(C)(C)[C@H](N)C(=O)Nc1ccc2c(c1)CCCO2. The van der Waals surface area contributed by atoms with Gasteiger partial charge in [0.1, 0.15) is 5.75 Å². The molecule has 0 aromatic heterocycles. The van der Waals surface area contributed by atoms with Crippen molar-refractivity contribution in [3.8, 4) is 5.75 Å². The van der Waals surface area contributed by atoms with E-state index in [0.29, 0.717) is 0 Å². The summed E-state index contributed by atoms with van der Waals surface area (Å²) in [5.41, 5.74) is 7.63. The Morgan fingerprint density at radius 2 is 2.16 bits per heavy atom. The highest BCUT2D eigenvalue weighted by Gasteiger charge is 2.27. The summed E-state index contributed by atoms with van der Waals surface area (Å²) in [5.74, 6) is 0.772. The molecule has 1 amide bonds. The molecular weight excluding hydrogens is 240 g/mol. The third kappa shape index (κ3) is 3.26. The lowest BCUT2D eigenvalue weighted by atomic mass is 9.87. The van der Waals surface area contributed by atoms with Gasteiger partial charge in [0.15, 0.2) is 0 Å². The van der Waals surface area contributed by atoms with Gasteiger partial charge in [-0.05, 0) is 42.0 Å². The van der Waals surface area contributed by atoms with Gasteiger partial charge in [-0.2, -0.15) is 0 Å². The van der Waals surface area contributed by atoms with Crippen LogP contribution in [-0.4, -0.2) is 18.6 Å². The predicted octanol–water partition coefficient (Wildman–Crippen LogP) is 2.32. The van der Waals surface area contributed by atoms with Gasteiger partial charge in [-0.15, -0.1) is 0 Å². The molecule has 1 aromatic rings. The maximum Gasteiger partial charge on any atom is 0.241 e. The van der Waals surface area contributed by atoms with Crippen molar-refractivity contribution in [3.63, 3.8) is 0 Å². The van der Waals surface area contributed by atoms with Gasteiger partial charge in [0.25, 0.3) is 0 Å². The van der Waals surface area contributed by atoms with Gasteiger partial charge in [-0.25, -0.2) is 0 Å². The van der Waals surface area contributed by atoms with Gasteiger partial charge in [0.05, 0.1) is 12.6 Å². The average molecular weight is 262 g/mol. The fourth-order valence-corrected chi connectivity index (χ4v) is 2.05. The van der Waals surface area contributed by atoms with Crippen molar-refractivity contribution in [2.45, 2.75) is 39.7 Å². The summed E-state index contributed by atoms with van der Waals surface area (Å²) in [6, 6.07) is 5.21. The number of nitrogens with two attached hydrogens (primary N) is 1. The zero-order valence-electron chi connectivity index (χ0n) is 11.8. The van der Waals surface area contributed by atoms with Crippen LogP contribution in [0.2, 0.25) is 0 Å². The Bertz CT molecular complexity index is 478. The number of rotatable bonds is 2. The molecule has 19 heavy (non-hydrogen) atoms. The van der Waals surface area contributed by atoms with Gasteiger partial charge < -0.3 is 15.8 Å². The first-order valence-corrected chi connectivity index (χ1v) is 6.70. The number of hydrogen-bond donors (Lipinski definition) is 2. The summed E-state index contributed by atoms with van der Waals surface area (Å²) in [5, 5.41) is 2.88. The second-order valence-electron chi connectivity index (χ2n) is 6.11. The molecule has 1 aliphatic heterocycles. The molecule has 1 aliphatic rings. The predicted molar refractivity (Wildman–Crippen MR) is 76.3 cm³/mol. The van der Waals surface area contributed by atoms with Gasteiger partial charge in [0, 0.05) is 5.69 Å². The fourth-order valence-electron chi connectivity index (χ4n) is 2.05. The lowest BCUT2D eigenvalue weighted by Gasteiger charge is -2.26. The standard InChI is InChI=1S/C15H22N2O2/c1-15(2,3)13(16)14(18)17-11-6-7-12-10(9-11)5-4-8-19-12/h6-7,9,13H,4-5,8,16H2,1-3H3,(H,17,18)/t13-/m1/s1. The Balaban J connectivity index is 2.09. The number of ether oxygens (including phenoxy) is 1. The van der Waals surface area contributed by atoms with Crippen LogP contribution in [0.1, 0.15) is 32.8 Å². The highest BCUT2D eigenvalue weighted by atomic mass is 16.5. The third-order valence-corrected chi connectivity index (χ3v) is 3.39. The van der Waals surface area contributed by atoms with Crippen molar-refractivity contribution in [2.75, 3.05) is 11.9 Å². The number of amides is 1. The number of fused-ring (bicyclic) bond motifs is 1. The first-order valence-electron chi connectivity index (χ1n) is 6.70. The Hall–Kier alpha value is -1.55. The quantitative estimate of drug-likeness (QED) is 0.859. The van der Waals surface area contributed by atoms with E-state index in [9.17, 15) is 4.79 Å². The van der Waals surface area contributed by atoms with Crippen LogP contribution in [-0.2, 0) is 11.2 Å². The largest absolute Gasteiger partial charge is 0.493 e. The second-order valence-corrected chi connectivity index (χ2v) is 6.11. The molecule has 0 unspecified atom stereocenters. The maximum absolute atomic E-state index is 12.1. The normalized spacial score (nSPS) is 16.2. The molecule has 1 heterocycles. The van der Waals surface area contributed by atoms with Crippen molar-refractivity contribution in [2.24, 2.45) is 11.1 Å². The highest BCUT2D eigenvalue weighted by Crippen LogP contribution is 2.28. The van der Waals surface area contributed by atoms with Crippen LogP contribution in [0.5, 0.6) is 5.75 Å². The molecule has 3 N–H and O–H groups in total. The van der Waals surface area contributed by atoms with E-state index in [1.54, 1.807) is 0 Å². The number of aryl methyl sites for hydroxylation is 1. The number of benzene rings is 1. The Morgan fingerprint density at radius 3 is 2.84 bits per heavy atom. The molecule has 0 bridgehead atoms. The highest BCUT2D eigenvalue weighted by molar-refractivity contribution is 5.95. The average Bonchev–Trinajstić information content (AvgIpc) is 2.36. The number of nitrogens with one attached hydrogen (secondary N) is 1. The van der Waals surface area contributed by atoms with Gasteiger partial charge in [0.2, 0.25) is 5.91 Å². The van der Waals surface area contributed by atoms with E-state index in [-0.39, 0.29) is 11.3 Å². The van der Waals surface area contributed by atoms with Crippen molar-refractivity contribution < 1.29 is 9.53 Å². The van der Waals surface area contributed by atoms with E-state index in [1.807, 2.05) is 39.0 Å². The first kappa shape index (κ1) is 13.9. The van der Waals surface area contributed by atoms with Crippen molar-refractivity contribution >= 4 is 11.6 Å². The first-order chi connectivity index (χ1) is 8.88. The Morgan fingerprint density at radius 1 is 1.42 bits per heavy atom. The molecule has 0 radical (unpaired) electrons. The summed E-state index contributed by atoms with van der Waals surface area (Å²) >= 11 is 0. The smallest absolute Gasteiger partial charge is 0.241 e. The maximum atomic E-state index is 12.1. The lowest BCUT2D eigenvalue weighted by Crippen LogP contribution is -2.45. The lowest BCUT2D eigenvalue weighted by molar-refractivity contribution is -0.119. The van der Waals surface area contributed by atoms with Gasteiger partial charge >= 0.3 is 0 Å². The minimum atomic E-state index is -0.528. The number of carbonyl (C=O) groups is 1. The minimum Gasteiger partial charge on any atom is -0.493 e. The topological polar surface area (TPSA) is 64.4 Å². The molecule has 1 atom stereocenters. The number of hydrogen-bond acceptors (Lipinski definition) is 3. The van der Waals surface area contributed by atoms with Crippen molar-refractivity contribution in [1.82, 2.24) is 0 Å².